The summed E-state index contributed by atoms with van der Waals surface area (Å²) >= 11 is 0. The minimum atomic E-state index is 0.637. The number of aromatic nitrogens is 2. The van der Waals surface area contributed by atoms with E-state index in [0.29, 0.717) is 6.04 Å². The fraction of sp³-hybridized carbons (Fsp3) is 0.714. The van der Waals surface area contributed by atoms with Crippen LogP contribution < -0.4 is 10.2 Å². The maximum absolute atomic E-state index is 4.41. The molecule has 1 saturated heterocycles. The van der Waals surface area contributed by atoms with Gasteiger partial charge in [0.05, 0.1) is 0 Å². The van der Waals surface area contributed by atoms with E-state index in [-0.39, 0.29) is 0 Å². The van der Waals surface area contributed by atoms with E-state index in [2.05, 4.69) is 45.2 Å². The van der Waals surface area contributed by atoms with Crippen LogP contribution >= 0.6 is 0 Å². The zero-order valence-corrected chi connectivity index (χ0v) is 11.8. The lowest BCUT2D eigenvalue weighted by Crippen LogP contribution is -2.31. The highest BCUT2D eigenvalue weighted by Gasteiger charge is 2.25. The van der Waals surface area contributed by atoms with E-state index < -0.39 is 0 Å². The Morgan fingerprint density at radius 3 is 2.84 bits per heavy atom. The van der Waals surface area contributed by atoms with Crippen molar-refractivity contribution in [3.05, 3.63) is 12.4 Å². The first-order chi connectivity index (χ1) is 9.22. The van der Waals surface area contributed by atoms with Crippen LogP contribution in [0.25, 0.3) is 0 Å². The van der Waals surface area contributed by atoms with Gasteiger partial charge in [0.2, 0.25) is 0 Å². The second kappa shape index (κ2) is 5.33. The first-order valence-corrected chi connectivity index (χ1v) is 7.19. The predicted molar refractivity (Wildman–Crippen MR) is 77.6 cm³/mol. The third kappa shape index (κ3) is 3.15. The van der Waals surface area contributed by atoms with Crippen molar-refractivity contribution in [3.8, 4) is 0 Å². The summed E-state index contributed by atoms with van der Waals surface area (Å²) in [6.07, 6.45) is 5.61. The number of hydrogen-bond acceptors (Lipinski definition) is 5. The Bertz CT molecular complexity index is 430. The first-order valence-electron chi connectivity index (χ1n) is 7.19. The molecule has 2 heterocycles. The summed E-state index contributed by atoms with van der Waals surface area (Å²) < 4.78 is 0. The zero-order chi connectivity index (χ0) is 13.2. The number of nitrogens with one attached hydrogen (secondary N) is 1. The van der Waals surface area contributed by atoms with Crippen molar-refractivity contribution in [2.24, 2.45) is 5.92 Å². The summed E-state index contributed by atoms with van der Waals surface area (Å²) in [5.41, 5.74) is 0. The highest BCUT2D eigenvalue weighted by atomic mass is 15.3. The van der Waals surface area contributed by atoms with Crippen LogP contribution in [0.3, 0.4) is 0 Å². The maximum atomic E-state index is 4.41. The lowest BCUT2D eigenvalue weighted by molar-refractivity contribution is 0.315. The monoisotopic (exact) mass is 261 g/mol. The Kier molecular flexibility index (Phi) is 3.55. The molecule has 0 radical (unpaired) electrons. The molecule has 5 heteroatoms. The van der Waals surface area contributed by atoms with E-state index in [0.717, 1.165) is 37.2 Å². The highest BCUT2D eigenvalue weighted by Crippen LogP contribution is 2.29. The average molecular weight is 261 g/mol. The van der Waals surface area contributed by atoms with Crippen molar-refractivity contribution < 1.29 is 0 Å². The standard InChI is InChI=1S/C14H23N5/c1-18(2)12-5-6-19(9-12)14-7-13(16-10-17-14)15-8-11-3-4-11/h7,10-12H,3-6,8-9H2,1-2H3,(H,15,16,17). The molecule has 1 unspecified atom stereocenters. The molecule has 104 valence electrons. The zero-order valence-electron chi connectivity index (χ0n) is 11.8. The molecule has 0 aromatic carbocycles. The van der Waals surface area contributed by atoms with Gasteiger partial charge in [-0.3, -0.25) is 0 Å². The van der Waals surface area contributed by atoms with Crippen LogP contribution in [0.4, 0.5) is 11.6 Å². The second-order valence-electron chi connectivity index (χ2n) is 5.94. The van der Waals surface area contributed by atoms with E-state index >= 15 is 0 Å². The molecule has 1 aliphatic carbocycles. The highest BCUT2D eigenvalue weighted by molar-refractivity contribution is 5.49. The molecule has 1 N–H and O–H groups in total. The van der Waals surface area contributed by atoms with E-state index in [1.807, 2.05) is 0 Å². The molecule has 19 heavy (non-hydrogen) atoms. The Morgan fingerprint density at radius 1 is 1.32 bits per heavy atom. The summed E-state index contributed by atoms with van der Waals surface area (Å²) in [5.74, 6) is 2.88. The first kappa shape index (κ1) is 12.7. The minimum Gasteiger partial charge on any atom is -0.370 e. The van der Waals surface area contributed by atoms with Crippen molar-refractivity contribution in [1.29, 1.82) is 0 Å². The van der Waals surface area contributed by atoms with E-state index in [4.69, 9.17) is 0 Å². The summed E-state index contributed by atoms with van der Waals surface area (Å²) in [7, 11) is 4.30. The SMILES string of the molecule is CN(C)C1CCN(c2cc(NCC3CC3)ncn2)C1. The van der Waals surface area contributed by atoms with Gasteiger partial charge in [-0.05, 0) is 39.3 Å². The van der Waals surface area contributed by atoms with Crippen molar-refractivity contribution in [2.45, 2.75) is 25.3 Å². The van der Waals surface area contributed by atoms with Crippen LogP contribution in [0, 0.1) is 5.92 Å². The second-order valence-corrected chi connectivity index (χ2v) is 5.94. The van der Waals surface area contributed by atoms with Crippen molar-refractivity contribution in [1.82, 2.24) is 14.9 Å². The van der Waals surface area contributed by atoms with E-state index in [9.17, 15) is 0 Å². The molecule has 1 aliphatic heterocycles. The van der Waals surface area contributed by atoms with Crippen molar-refractivity contribution in [3.63, 3.8) is 0 Å². The normalized spacial score (nSPS) is 23.1. The van der Waals surface area contributed by atoms with Crippen molar-refractivity contribution in [2.75, 3.05) is 43.9 Å². The molecular formula is C14H23N5. The summed E-state index contributed by atoms with van der Waals surface area (Å²) in [4.78, 5) is 13.4. The molecular weight excluding hydrogens is 238 g/mol. The number of anilines is 2. The van der Waals surface area contributed by atoms with Crippen LogP contribution in [0.1, 0.15) is 19.3 Å². The number of rotatable bonds is 5. The van der Waals surface area contributed by atoms with Gasteiger partial charge in [0, 0.05) is 31.7 Å². The van der Waals surface area contributed by atoms with Gasteiger partial charge in [-0.1, -0.05) is 0 Å². The number of likely N-dealkylation sites (N-methyl/N-ethyl adjacent to an activating group) is 1. The Balaban J connectivity index is 1.62. The van der Waals surface area contributed by atoms with Crippen molar-refractivity contribution >= 4 is 11.6 Å². The average Bonchev–Trinajstić information content (AvgIpc) is 3.10. The molecule has 0 bridgehead atoms. The molecule has 1 aromatic rings. The molecule has 2 aliphatic rings. The van der Waals surface area contributed by atoms with Crippen LogP contribution in [0.15, 0.2) is 12.4 Å². The van der Waals surface area contributed by atoms with Gasteiger partial charge in [0.1, 0.15) is 18.0 Å². The third-order valence-corrected chi connectivity index (χ3v) is 4.14. The Morgan fingerprint density at radius 2 is 2.16 bits per heavy atom. The van der Waals surface area contributed by atoms with Gasteiger partial charge in [-0.2, -0.15) is 0 Å². The van der Waals surface area contributed by atoms with Crippen LogP contribution in [0.2, 0.25) is 0 Å². The molecule has 0 amide bonds. The summed E-state index contributed by atoms with van der Waals surface area (Å²) in [5, 5.41) is 3.42. The topological polar surface area (TPSA) is 44.3 Å². The quantitative estimate of drug-likeness (QED) is 0.869. The smallest absolute Gasteiger partial charge is 0.134 e. The van der Waals surface area contributed by atoms with E-state index in [1.165, 1.54) is 19.3 Å². The molecule has 3 rings (SSSR count). The maximum Gasteiger partial charge on any atom is 0.134 e. The minimum absolute atomic E-state index is 0.637. The van der Waals surface area contributed by atoms with Gasteiger partial charge in [0.25, 0.3) is 0 Å². The van der Waals surface area contributed by atoms with Gasteiger partial charge < -0.3 is 15.1 Å². The van der Waals surface area contributed by atoms with Gasteiger partial charge in [0.15, 0.2) is 0 Å². The van der Waals surface area contributed by atoms with E-state index in [1.54, 1.807) is 6.33 Å². The van der Waals surface area contributed by atoms with Gasteiger partial charge in [-0.15, -0.1) is 0 Å². The summed E-state index contributed by atoms with van der Waals surface area (Å²) in [6.45, 7) is 3.20. The molecule has 0 spiro atoms. The molecule has 1 atom stereocenters. The fourth-order valence-electron chi connectivity index (χ4n) is 2.56. The number of nitrogens with zero attached hydrogens (tertiary/aromatic N) is 4. The molecule has 2 fully saturated rings. The lowest BCUT2D eigenvalue weighted by atomic mass is 10.2. The summed E-state index contributed by atoms with van der Waals surface area (Å²) in [6, 6.07) is 2.72. The van der Waals surface area contributed by atoms with Crippen LogP contribution in [-0.4, -0.2) is 54.6 Å². The van der Waals surface area contributed by atoms with Crippen LogP contribution in [-0.2, 0) is 0 Å². The van der Waals surface area contributed by atoms with Gasteiger partial charge >= 0.3 is 0 Å². The molecule has 1 aromatic heterocycles. The predicted octanol–water partition coefficient (Wildman–Crippen LogP) is 1.44. The Hall–Kier alpha value is -1.36. The molecule has 1 saturated carbocycles. The Labute approximate surface area is 115 Å². The third-order valence-electron chi connectivity index (χ3n) is 4.14. The lowest BCUT2D eigenvalue weighted by Gasteiger charge is -2.21. The largest absolute Gasteiger partial charge is 0.370 e. The number of hydrogen-bond donors (Lipinski definition) is 1. The molecule has 5 nitrogen and oxygen atoms in total. The fourth-order valence-corrected chi connectivity index (χ4v) is 2.56. The van der Waals surface area contributed by atoms with Crippen LogP contribution in [0.5, 0.6) is 0 Å². The van der Waals surface area contributed by atoms with Gasteiger partial charge in [-0.25, -0.2) is 9.97 Å².